The van der Waals surface area contributed by atoms with Crippen LogP contribution in [0.15, 0.2) is 23.4 Å². The van der Waals surface area contributed by atoms with Gasteiger partial charge in [-0.2, -0.15) is 4.68 Å². The lowest BCUT2D eigenvalue weighted by molar-refractivity contribution is -0.119. The van der Waals surface area contributed by atoms with Crippen molar-refractivity contribution in [2.45, 2.75) is 45.3 Å². The SMILES string of the molecule is Cc1ccc(-n2nnnc2SCC(=O)NC(C)(C)C)c(C)c1. The molecule has 1 aromatic heterocycles. The van der Waals surface area contributed by atoms with Gasteiger partial charge in [0.05, 0.1) is 11.4 Å². The highest BCUT2D eigenvalue weighted by Crippen LogP contribution is 2.21. The van der Waals surface area contributed by atoms with Crippen molar-refractivity contribution in [3.05, 3.63) is 29.3 Å². The second-order valence-electron chi connectivity index (χ2n) is 6.25. The molecule has 2 rings (SSSR count). The van der Waals surface area contributed by atoms with Crippen molar-refractivity contribution in [3.8, 4) is 5.69 Å². The lowest BCUT2D eigenvalue weighted by atomic mass is 10.1. The quantitative estimate of drug-likeness (QED) is 0.875. The zero-order valence-electron chi connectivity index (χ0n) is 13.5. The molecule has 0 spiro atoms. The van der Waals surface area contributed by atoms with Gasteiger partial charge in [-0.25, -0.2) is 0 Å². The van der Waals surface area contributed by atoms with Crippen molar-refractivity contribution in [1.82, 2.24) is 25.5 Å². The number of nitrogens with zero attached hydrogens (tertiary/aromatic N) is 4. The fourth-order valence-electron chi connectivity index (χ4n) is 2.05. The van der Waals surface area contributed by atoms with Gasteiger partial charge in [0.15, 0.2) is 0 Å². The average Bonchev–Trinajstić information content (AvgIpc) is 2.82. The van der Waals surface area contributed by atoms with Crippen LogP contribution in [0.4, 0.5) is 0 Å². The third-order valence-electron chi connectivity index (χ3n) is 2.87. The minimum absolute atomic E-state index is 0.0346. The number of hydrogen-bond acceptors (Lipinski definition) is 5. The van der Waals surface area contributed by atoms with E-state index in [4.69, 9.17) is 0 Å². The summed E-state index contributed by atoms with van der Waals surface area (Å²) in [6.07, 6.45) is 0. The molecule has 6 nitrogen and oxygen atoms in total. The van der Waals surface area contributed by atoms with Gasteiger partial charge >= 0.3 is 0 Å². The topological polar surface area (TPSA) is 72.7 Å². The molecule has 0 unspecified atom stereocenters. The van der Waals surface area contributed by atoms with Crippen molar-refractivity contribution in [2.75, 3.05) is 5.75 Å². The largest absolute Gasteiger partial charge is 0.351 e. The van der Waals surface area contributed by atoms with Gasteiger partial charge in [0.1, 0.15) is 0 Å². The fraction of sp³-hybridized carbons (Fsp3) is 0.467. The molecule has 1 aromatic carbocycles. The van der Waals surface area contributed by atoms with E-state index in [2.05, 4.69) is 26.9 Å². The van der Waals surface area contributed by atoms with Gasteiger partial charge in [0.2, 0.25) is 11.1 Å². The van der Waals surface area contributed by atoms with E-state index in [0.29, 0.717) is 5.16 Å². The summed E-state index contributed by atoms with van der Waals surface area (Å²) < 4.78 is 1.67. The van der Waals surface area contributed by atoms with Crippen LogP contribution in [-0.2, 0) is 4.79 Å². The molecule has 0 bridgehead atoms. The van der Waals surface area contributed by atoms with Crippen LogP contribution in [0.3, 0.4) is 0 Å². The highest BCUT2D eigenvalue weighted by Gasteiger charge is 2.16. The molecule has 0 fully saturated rings. The normalized spacial score (nSPS) is 11.5. The van der Waals surface area contributed by atoms with Gasteiger partial charge in [-0.15, -0.1) is 5.10 Å². The summed E-state index contributed by atoms with van der Waals surface area (Å²) in [6.45, 7) is 9.92. The molecule has 0 atom stereocenters. The van der Waals surface area contributed by atoms with Crippen molar-refractivity contribution < 1.29 is 4.79 Å². The molecule has 118 valence electrons. The first kappa shape index (κ1) is 16.5. The Balaban J connectivity index is 2.12. The van der Waals surface area contributed by atoms with E-state index in [0.717, 1.165) is 11.3 Å². The summed E-state index contributed by atoms with van der Waals surface area (Å²) in [4.78, 5) is 11.9. The Hall–Kier alpha value is -1.89. The molecular formula is C15H21N5OS. The number of nitrogens with one attached hydrogen (secondary N) is 1. The highest BCUT2D eigenvalue weighted by molar-refractivity contribution is 7.99. The molecule has 0 aliphatic carbocycles. The molecule has 0 radical (unpaired) electrons. The van der Waals surface area contributed by atoms with E-state index in [1.54, 1.807) is 4.68 Å². The van der Waals surface area contributed by atoms with Gasteiger partial charge in [0.25, 0.3) is 0 Å². The molecular weight excluding hydrogens is 298 g/mol. The van der Waals surface area contributed by atoms with Crippen molar-refractivity contribution >= 4 is 17.7 Å². The van der Waals surface area contributed by atoms with Gasteiger partial charge in [-0.3, -0.25) is 4.79 Å². The lowest BCUT2D eigenvalue weighted by Gasteiger charge is -2.20. The molecule has 1 amide bonds. The van der Waals surface area contributed by atoms with Crippen LogP contribution >= 0.6 is 11.8 Å². The van der Waals surface area contributed by atoms with E-state index >= 15 is 0 Å². The smallest absolute Gasteiger partial charge is 0.230 e. The first-order valence-electron chi connectivity index (χ1n) is 7.06. The Bertz CT molecular complexity index is 675. The first-order chi connectivity index (χ1) is 10.3. The zero-order valence-corrected chi connectivity index (χ0v) is 14.4. The number of benzene rings is 1. The minimum Gasteiger partial charge on any atom is -0.351 e. The Kier molecular flexibility index (Phi) is 4.85. The summed E-state index contributed by atoms with van der Waals surface area (Å²) in [5.41, 5.74) is 2.97. The summed E-state index contributed by atoms with van der Waals surface area (Å²) in [5, 5.41) is 15.3. The summed E-state index contributed by atoms with van der Waals surface area (Å²) in [6, 6.07) is 6.09. The molecule has 1 N–H and O–H groups in total. The number of tetrazole rings is 1. The maximum atomic E-state index is 11.9. The van der Waals surface area contributed by atoms with Crippen molar-refractivity contribution in [3.63, 3.8) is 0 Å². The molecule has 7 heteroatoms. The second kappa shape index (κ2) is 6.48. The Morgan fingerprint density at radius 3 is 2.68 bits per heavy atom. The summed E-state index contributed by atoms with van der Waals surface area (Å²) in [7, 11) is 0. The van der Waals surface area contributed by atoms with E-state index < -0.39 is 0 Å². The minimum atomic E-state index is -0.239. The molecule has 22 heavy (non-hydrogen) atoms. The summed E-state index contributed by atoms with van der Waals surface area (Å²) in [5.74, 6) is 0.246. The third kappa shape index (κ3) is 4.30. The van der Waals surface area contributed by atoms with E-state index in [9.17, 15) is 4.79 Å². The van der Waals surface area contributed by atoms with Gasteiger partial charge in [0, 0.05) is 5.54 Å². The number of aromatic nitrogens is 4. The number of hydrogen-bond donors (Lipinski definition) is 1. The number of thioether (sulfide) groups is 1. The Morgan fingerprint density at radius 1 is 1.32 bits per heavy atom. The average molecular weight is 319 g/mol. The van der Waals surface area contributed by atoms with Crippen LogP contribution in [-0.4, -0.2) is 37.4 Å². The molecule has 0 saturated carbocycles. The van der Waals surface area contributed by atoms with E-state index in [1.165, 1.54) is 17.3 Å². The van der Waals surface area contributed by atoms with Crippen LogP contribution in [0.2, 0.25) is 0 Å². The van der Waals surface area contributed by atoms with Gasteiger partial charge in [-0.1, -0.05) is 29.5 Å². The first-order valence-corrected chi connectivity index (χ1v) is 8.04. The van der Waals surface area contributed by atoms with Crippen LogP contribution in [0.25, 0.3) is 5.69 Å². The van der Waals surface area contributed by atoms with Crippen molar-refractivity contribution in [1.29, 1.82) is 0 Å². The zero-order chi connectivity index (χ0) is 16.3. The highest BCUT2D eigenvalue weighted by atomic mass is 32.2. The van der Waals surface area contributed by atoms with Crippen LogP contribution in [0.5, 0.6) is 0 Å². The maximum absolute atomic E-state index is 11.9. The third-order valence-corrected chi connectivity index (χ3v) is 3.79. The molecule has 1 heterocycles. The van der Waals surface area contributed by atoms with Crippen LogP contribution < -0.4 is 5.32 Å². The number of rotatable bonds is 4. The number of amides is 1. The Morgan fingerprint density at radius 2 is 2.05 bits per heavy atom. The van der Waals surface area contributed by atoms with Gasteiger partial charge < -0.3 is 5.32 Å². The molecule has 0 saturated heterocycles. The number of aryl methyl sites for hydroxylation is 2. The second-order valence-corrected chi connectivity index (χ2v) is 7.19. The van der Waals surface area contributed by atoms with Crippen LogP contribution in [0.1, 0.15) is 31.9 Å². The number of carbonyl (C=O) groups is 1. The molecule has 0 aliphatic heterocycles. The van der Waals surface area contributed by atoms with E-state index in [1.807, 2.05) is 46.8 Å². The van der Waals surface area contributed by atoms with E-state index in [-0.39, 0.29) is 17.2 Å². The lowest BCUT2D eigenvalue weighted by Crippen LogP contribution is -2.41. The molecule has 0 aliphatic rings. The Labute approximate surface area is 134 Å². The van der Waals surface area contributed by atoms with Crippen molar-refractivity contribution in [2.24, 2.45) is 0 Å². The number of carbonyl (C=O) groups excluding carboxylic acids is 1. The monoisotopic (exact) mass is 319 g/mol. The predicted molar refractivity (Wildman–Crippen MR) is 87.2 cm³/mol. The van der Waals surface area contributed by atoms with Gasteiger partial charge in [-0.05, 0) is 56.7 Å². The standard InChI is InChI=1S/C15H21N5OS/c1-10-6-7-12(11(2)8-10)20-14(17-18-19-20)22-9-13(21)16-15(3,4)5/h6-8H,9H2,1-5H3,(H,16,21). The molecule has 2 aromatic rings. The maximum Gasteiger partial charge on any atom is 0.230 e. The summed E-state index contributed by atoms with van der Waals surface area (Å²) >= 11 is 1.33. The predicted octanol–water partition coefficient (Wildman–Crippen LogP) is 2.29. The van der Waals surface area contributed by atoms with Crippen LogP contribution in [0, 0.1) is 13.8 Å². The fourth-order valence-corrected chi connectivity index (χ4v) is 2.73.